The Morgan fingerprint density at radius 3 is 2.53 bits per heavy atom. The minimum Gasteiger partial charge on any atom is -0.308 e. The molecule has 12 heteroatoms. The zero-order valence-corrected chi connectivity index (χ0v) is 10.8. The van der Waals surface area contributed by atoms with Gasteiger partial charge in [-0.05, 0) is 24.6 Å². The lowest BCUT2D eigenvalue weighted by molar-refractivity contribution is -0.0346. The van der Waals surface area contributed by atoms with Crippen molar-refractivity contribution in [3.05, 3.63) is 0 Å². The summed E-state index contributed by atoms with van der Waals surface area (Å²) in [5.41, 5.74) is -4.49. The van der Waals surface area contributed by atoms with E-state index < -0.39 is 33.4 Å². The first-order valence-corrected chi connectivity index (χ1v) is 7.33. The van der Waals surface area contributed by atoms with E-state index in [0.29, 0.717) is 5.06 Å². The van der Waals surface area contributed by atoms with Crippen molar-refractivity contribution in [2.24, 2.45) is 0 Å². The highest BCUT2D eigenvalue weighted by atomic mass is 32.3. The molecule has 0 unspecified atom stereocenters. The van der Waals surface area contributed by atoms with Crippen LogP contribution in [0.15, 0.2) is 0 Å². The van der Waals surface area contributed by atoms with Gasteiger partial charge < -0.3 is 4.90 Å². The number of hydroxylamine groups is 2. The summed E-state index contributed by atoms with van der Waals surface area (Å²) in [6.45, 7) is -0.0674. The molecule has 0 radical (unpaired) electrons. The van der Waals surface area contributed by atoms with Gasteiger partial charge in [-0.3, -0.25) is 4.55 Å². The molecule has 0 saturated carbocycles. The number of halogens is 3. The first-order valence-electron chi connectivity index (χ1n) is 5.08. The van der Waals surface area contributed by atoms with Crippen LogP contribution in [0.3, 0.4) is 0 Å². The second kappa shape index (κ2) is 4.68. The molecule has 2 bridgehead atoms. The van der Waals surface area contributed by atoms with Crippen molar-refractivity contribution < 1.29 is 35.2 Å². The van der Waals surface area contributed by atoms with Crippen molar-refractivity contribution in [2.45, 2.75) is 29.8 Å². The molecule has 2 heterocycles. The fraction of sp³-hybridized carbons (Fsp3) is 0.857. The van der Waals surface area contributed by atoms with E-state index in [1.54, 1.807) is 0 Å². The predicted molar refractivity (Wildman–Crippen MR) is 57.0 cm³/mol. The van der Waals surface area contributed by atoms with E-state index in [2.05, 4.69) is 4.28 Å². The minimum absolute atomic E-state index is 0.0614. The number of rotatable bonds is 3. The molecule has 110 valence electrons. The summed E-state index contributed by atoms with van der Waals surface area (Å²) in [5.74, 6) is 0. The number of urea groups is 1. The van der Waals surface area contributed by atoms with Gasteiger partial charge >= 0.3 is 21.9 Å². The number of amides is 2. The van der Waals surface area contributed by atoms with E-state index in [4.69, 9.17) is 4.55 Å². The van der Waals surface area contributed by atoms with Crippen molar-refractivity contribution in [2.75, 3.05) is 6.54 Å². The lowest BCUT2D eigenvalue weighted by Crippen LogP contribution is -2.39. The number of carbonyl (C=O) groups excluding carboxylic acids is 1. The summed E-state index contributed by atoms with van der Waals surface area (Å²) in [6, 6.07) is -1.68. The third-order valence-electron chi connectivity index (χ3n) is 2.71. The van der Waals surface area contributed by atoms with Crippen LogP contribution in [0.25, 0.3) is 0 Å². The van der Waals surface area contributed by atoms with Crippen molar-refractivity contribution >= 4 is 28.2 Å². The molecule has 2 rings (SSSR count). The van der Waals surface area contributed by atoms with Crippen molar-refractivity contribution in [3.63, 3.8) is 0 Å². The van der Waals surface area contributed by atoms with Crippen LogP contribution in [0, 0.1) is 0 Å². The fourth-order valence-electron chi connectivity index (χ4n) is 2.07. The largest absolute Gasteiger partial charge is 0.443 e. The van der Waals surface area contributed by atoms with E-state index in [1.165, 1.54) is 0 Å². The SMILES string of the molecule is O=C1N2C[C@@H](CC[C@H]2SC(F)(F)F)N1OS(=O)(=O)O. The van der Waals surface area contributed by atoms with E-state index in [0.717, 1.165) is 4.90 Å². The maximum absolute atomic E-state index is 12.3. The summed E-state index contributed by atoms with van der Waals surface area (Å²) in [5, 5.41) is -0.703. The lowest BCUT2D eigenvalue weighted by Gasteiger charge is -2.30. The highest BCUT2D eigenvalue weighted by molar-refractivity contribution is 8.00. The standard InChI is InChI=1S/C7H9F3N2O5S2/c8-7(9,10)18-5-2-1-4-3-11(5)6(13)12(4)17-19(14,15)16/h4-5H,1-3H2,(H,14,15,16)/t4-,5-/m1/s1. The maximum atomic E-state index is 12.3. The first-order chi connectivity index (χ1) is 8.57. The van der Waals surface area contributed by atoms with Gasteiger partial charge in [0.25, 0.3) is 0 Å². The topological polar surface area (TPSA) is 87.2 Å². The Bertz CT molecular complexity index is 482. The Labute approximate surface area is 110 Å². The van der Waals surface area contributed by atoms with Crippen molar-refractivity contribution in [3.8, 4) is 0 Å². The number of hydrogen-bond donors (Lipinski definition) is 1. The van der Waals surface area contributed by atoms with Crippen LogP contribution in [0.5, 0.6) is 0 Å². The molecule has 19 heavy (non-hydrogen) atoms. The molecule has 0 aromatic rings. The molecule has 0 aromatic carbocycles. The van der Waals surface area contributed by atoms with Crippen LogP contribution in [-0.4, -0.2) is 52.4 Å². The van der Waals surface area contributed by atoms with Crippen molar-refractivity contribution in [1.82, 2.24) is 9.96 Å². The molecule has 0 spiro atoms. The zero-order valence-electron chi connectivity index (χ0n) is 9.20. The predicted octanol–water partition coefficient (Wildman–Crippen LogP) is 1.20. The van der Waals surface area contributed by atoms with Gasteiger partial charge in [0.05, 0.1) is 11.4 Å². The number of piperidine rings is 1. The second-order valence-corrected chi connectivity index (χ2v) is 6.26. The Morgan fingerprint density at radius 1 is 1.37 bits per heavy atom. The summed E-state index contributed by atoms with van der Waals surface area (Å²) in [4.78, 5) is 12.6. The van der Waals surface area contributed by atoms with Crippen LogP contribution < -0.4 is 0 Å². The number of nitrogens with zero attached hydrogens (tertiary/aromatic N) is 2. The summed E-state index contributed by atoms with van der Waals surface area (Å²) < 4.78 is 70.6. The minimum atomic E-state index is -4.88. The van der Waals surface area contributed by atoms with Crippen LogP contribution in [0.4, 0.5) is 18.0 Å². The Kier molecular flexibility index (Phi) is 3.62. The second-order valence-electron chi connectivity index (χ2n) is 4.01. The number of fused-ring (bicyclic) bond motifs is 2. The van der Waals surface area contributed by atoms with Crippen LogP contribution in [0.1, 0.15) is 12.8 Å². The van der Waals surface area contributed by atoms with Gasteiger partial charge in [-0.15, -0.1) is 4.28 Å². The van der Waals surface area contributed by atoms with E-state index in [1.807, 2.05) is 0 Å². The van der Waals surface area contributed by atoms with Gasteiger partial charge in [0, 0.05) is 6.54 Å². The average molecular weight is 322 g/mol. The van der Waals surface area contributed by atoms with Gasteiger partial charge in [-0.1, -0.05) is 0 Å². The number of carbonyl (C=O) groups is 1. The average Bonchev–Trinajstić information content (AvgIpc) is 2.44. The summed E-state index contributed by atoms with van der Waals surface area (Å²) in [7, 11) is -4.88. The van der Waals surface area contributed by atoms with Crippen LogP contribution >= 0.6 is 11.8 Å². The Balaban J connectivity index is 2.11. The monoisotopic (exact) mass is 322 g/mol. The van der Waals surface area contributed by atoms with E-state index >= 15 is 0 Å². The molecule has 2 aliphatic heterocycles. The van der Waals surface area contributed by atoms with Crippen molar-refractivity contribution in [1.29, 1.82) is 0 Å². The highest BCUT2D eigenvalue weighted by Gasteiger charge is 2.50. The normalized spacial score (nSPS) is 28.1. The molecule has 2 fully saturated rings. The van der Waals surface area contributed by atoms with Gasteiger partial charge in [0.2, 0.25) is 0 Å². The number of thioether (sulfide) groups is 1. The summed E-state index contributed by atoms with van der Waals surface area (Å²) >= 11 is -0.328. The Hall–Kier alpha value is -0.720. The van der Waals surface area contributed by atoms with E-state index in [9.17, 15) is 26.4 Å². The molecule has 2 aliphatic rings. The zero-order chi connectivity index (χ0) is 14.4. The third-order valence-corrected chi connectivity index (χ3v) is 4.09. The molecule has 2 atom stereocenters. The molecule has 7 nitrogen and oxygen atoms in total. The molecule has 1 N–H and O–H groups in total. The molecule has 0 aliphatic carbocycles. The fourth-order valence-corrected chi connectivity index (χ4v) is 3.33. The summed E-state index contributed by atoms with van der Waals surface area (Å²) in [6.07, 6.45) is 0.220. The smallest absolute Gasteiger partial charge is 0.308 e. The van der Waals surface area contributed by atoms with Crippen LogP contribution in [0.2, 0.25) is 0 Å². The highest BCUT2D eigenvalue weighted by Crippen LogP contribution is 2.42. The molecular formula is C7H9F3N2O5S2. The van der Waals surface area contributed by atoms with Crippen LogP contribution in [-0.2, 0) is 14.7 Å². The lowest BCUT2D eigenvalue weighted by atomic mass is 10.1. The first kappa shape index (κ1) is 14.7. The molecule has 0 aromatic heterocycles. The molecular weight excluding hydrogens is 313 g/mol. The molecule has 2 saturated heterocycles. The maximum Gasteiger partial charge on any atom is 0.443 e. The van der Waals surface area contributed by atoms with Gasteiger partial charge in [-0.25, -0.2) is 4.79 Å². The number of alkyl halides is 3. The Morgan fingerprint density at radius 2 is 2.00 bits per heavy atom. The molecule has 2 amide bonds. The number of hydrogen-bond acceptors (Lipinski definition) is 5. The van der Waals surface area contributed by atoms with Gasteiger partial charge in [-0.2, -0.15) is 26.7 Å². The van der Waals surface area contributed by atoms with E-state index in [-0.39, 0.29) is 31.1 Å². The third kappa shape index (κ3) is 3.43. The quantitative estimate of drug-likeness (QED) is 0.786. The van der Waals surface area contributed by atoms with Gasteiger partial charge in [0.1, 0.15) is 0 Å². The van der Waals surface area contributed by atoms with Gasteiger partial charge in [0.15, 0.2) is 0 Å².